The Morgan fingerprint density at radius 1 is 1.10 bits per heavy atom. The van der Waals surface area contributed by atoms with Gasteiger partial charge in [-0.15, -0.1) is 0 Å². The fraction of sp³-hybridized carbons (Fsp3) is 0.409. The number of allylic oxidation sites excluding steroid dienone is 5. The summed E-state index contributed by atoms with van der Waals surface area (Å²) in [7, 11) is -2.91. The maximum Gasteiger partial charge on any atom is 0.161 e. The van der Waals surface area contributed by atoms with Crippen LogP contribution in [-0.2, 0) is 9.84 Å². The average molecular weight is 424 g/mol. The lowest BCUT2D eigenvalue weighted by molar-refractivity contribution is 0.544. The van der Waals surface area contributed by atoms with Crippen molar-refractivity contribution >= 4 is 27.5 Å². The number of anilines is 1. The molecule has 8 heteroatoms. The number of nitrogens with two attached hydrogens (primary N) is 1. The Bertz CT molecular complexity index is 1190. The summed E-state index contributed by atoms with van der Waals surface area (Å²) in [5, 5.41) is 4.44. The standard InChI is InChI=1S/C22H25N5O2S/c23-21-12-20(16-8-10-30(28,29)11-9-16)26-22-18(14-25-27(21)22)17-6-7-19(24-13-17)15-4-2-1-3-5-15/h1-4,7,12-17H,5-6,8-11,23H2. The fourth-order valence-corrected chi connectivity index (χ4v) is 5.96. The number of hydrogen-bond acceptors (Lipinski definition) is 6. The van der Waals surface area contributed by atoms with Crippen molar-refractivity contribution in [2.75, 3.05) is 17.2 Å². The van der Waals surface area contributed by atoms with Crippen LogP contribution in [0.25, 0.3) is 5.65 Å². The fourth-order valence-electron chi connectivity index (χ4n) is 4.47. The summed E-state index contributed by atoms with van der Waals surface area (Å²) in [6.45, 7) is 0. The number of sulfone groups is 1. The Morgan fingerprint density at radius 3 is 2.63 bits per heavy atom. The van der Waals surface area contributed by atoms with Gasteiger partial charge in [-0.2, -0.15) is 9.61 Å². The molecule has 0 spiro atoms. The summed E-state index contributed by atoms with van der Waals surface area (Å²) in [5.74, 6) is 1.51. The molecule has 0 aromatic carbocycles. The van der Waals surface area contributed by atoms with E-state index in [1.54, 1.807) is 4.52 Å². The second-order valence-corrected chi connectivity index (χ2v) is 10.6. The van der Waals surface area contributed by atoms with Crippen LogP contribution in [0.5, 0.6) is 0 Å². The molecule has 7 nitrogen and oxygen atoms in total. The van der Waals surface area contributed by atoms with Crippen LogP contribution in [0.15, 0.2) is 53.3 Å². The highest BCUT2D eigenvalue weighted by atomic mass is 32.2. The zero-order valence-corrected chi connectivity index (χ0v) is 17.5. The van der Waals surface area contributed by atoms with Gasteiger partial charge in [0.1, 0.15) is 15.7 Å². The Balaban J connectivity index is 1.41. The molecule has 2 aromatic heterocycles. The molecule has 156 valence electrons. The molecule has 2 aromatic rings. The summed E-state index contributed by atoms with van der Waals surface area (Å²) in [6, 6.07) is 1.84. The Morgan fingerprint density at radius 2 is 1.93 bits per heavy atom. The van der Waals surface area contributed by atoms with Gasteiger partial charge in [-0.3, -0.25) is 4.99 Å². The third kappa shape index (κ3) is 3.60. The van der Waals surface area contributed by atoms with Crippen molar-refractivity contribution in [3.8, 4) is 0 Å². The van der Waals surface area contributed by atoms with Crippen LogP contribution in [0.4, 0.5) is 5.82 Å². The van der Waals surface area contributed by atoms with Gasteiger partial charge in [0.25, 0.3) is 0 Å². The summed E-state index contributed by atoms with van der Waals surface area (Å²) < 4.78 is 25.2. The number of fused-ring (bicyclic) bond motifs is 1. The molecule has 0 amide bonds. The SMILES string of the molecule is Nc1cc(C2CCS(=O)(=O)CC2)nc2c(C3C=NC(C4C=CC=CC4)=CC3)cnn12. The van der Waals surface area contributed by atoms with Crippen LogP contribution in [0.2, 0.25) is 0 Å². The van der Waals surface area contributed by atoms with Gasteiger partial charge in [0.15, 0.2) is 5.65 Å². The van der Waals surface area contributed by atoms with Crippen molar-refractivity contribution in [3.05, 3.63) is 59.6 Å². The second kappa shape index (κ2) is 7.50. The first-order valence-corrected chi connectivity index (χ1v) is 12.2. The van der Waals surface area contributed by atoms with Crippen molar-refractivity contribution in [2.45, 2.75) is 37.5 Å². The van der Waals surface area contributed by atoms with E-state index in [1.165, 1.54) is 0 Å². The van der Waals surface area contributed by atoms with Gasteiger partial charge in [-0.25, -0.2) is 13.4 Å². The van der Waals surface area contributed by atoms with Crippen LogP contribution in [-0.4, -0.2) is 40.7 Å². The minimum atomic E-state index is -2.91. The second-order valence-electron chi connectivity index (χ2n) is 8.27. The highest BCUT2D eigenvalue weighted by Crippen LogP contribution is 2.33. The Hall–Kier alpha value is -2.74. The zero-order valence-electron chi connectivity index (χ0n) is 16.7. The first kappa shape index (κ1) is 19.2. The van der Waals surface area contributed by atoms with E-state index >= 15 is 0 Å². The number of aromatic nitrogens is 3. The first-order valence-electron chi connectivity index (χ1n) is 10.4. The zero-order chi connectivity index (χ0) is 20.7. The predicted octanol–water partition coefficient (Wildman–Crippen LogP) is 3.18. The van der Waals surface area contributed by atoms with Crippen molar-refractivity contribution in [1.29, 1.82) is 0 Å². The van der Waals surface area contributed by atoms with E-state index in [1.807, 2.05) is 18.5 Å². The minimum absolute atomic E-state index is 0.100. The van der Waals surface area contributed by atoms with E-state index in [0.717, 1.165) is 35.4 Å². The van der Waals surface area contributed by atoms with Crippen molar-refractivity contribution in [2.24, 2.45) is 10.9 Å². The number of hydrogen-bond donors (Lipinski definition) is 1. The number of aliphatic imine (C=N–C) groups is 1. The number of rotatable bonds is 3. The van der Waals surface area contributed by atoms with Crippen molar-refractivity contribution in [1.82, 2.24) is 14.6 Å². The molecule has 3 aliphatic rings. The molecular formula is C22H25N5O2S. The number of nitrogen functional groups attached to an aromatic ring is 1. The Labute approximate surface area is 176 Å². The largest absolute Gasteiger partial charge is 0.384 e. The monoisotopic (exact) mass is 423 g/mol. The van der Waals surface area contributed by atoms with E-state index in [9.17, 15) is 8.42 Å². The Kier molecular flexibility index (Phi) is 4.81. The van der Waals surface area contributed by atoms with E-state index in [4.69, 9.17) is 15.7 Å². The van der Waals surface area contributed by atoms with Gasteiger partial charge >= 0.3 is 0 Å². The maximum absolute atomic E-state index is 11.8. The van der Waals surface area contributed by atoms with E-state index in [2.05, 4.69) is 35.5 Å². The summed E-state index contributed by atoms with van der Waals surface area (Å²) >= 11 is 0. The first-order chi connectivity index (χ1) is 14.5. The highest BCUT2D eigenvalue weighted by molar-refractivity contribution is 7.91. The molecule has 5 rings (SSSR count). The lowest BCUT2D eigenvalue weighted by atomic mass is 9.91. The lowest BCUT2D eigenvalue weighted by Gasteiger charge is -2.22. The van der Waals surface area contributed by atoms with E-state index < -0.39 is 9.84 Å². The van der Waals surface area contributed by atoms with Crippen LogP contribution in [0.3, 0.4) is 0 Å². The van der Waals surface area contributed by atoms with Crippen LogP contribution in [0, 0.1) is 5.92 Å². The summed E-state index contributed by atoms with van der Waals surface area (Å²) in [6.07, 6.45) is 17.6. The third-order valence-electron chi connectivity index (χ3n) is 6.26. The topological polar surface area (TPSA) is 103 Å². The molecule has 0 saturated carbocycles. The molecule has 2 aliphatic heterocycles. The molecule has 0 radical (unpaired) electrons. The van der Waals surface area contributed by atoms with E-state index in [0.29, 0.717) is 24.6 Å². The smallest absolute Gasteiger partial charge is 0.161 e. The predicted molar refractivity (Wildman–Crippen MR) is 118 cm³/mol. The van der Waals surface area contributed by atoms with Crippen molar-refractivity contribution < 1.29 is 8.42 Å². The van der Waals surface area contributed by atoms with Crippen LogP contribution >= 0.6 is 0 Å². The lowest BCUT2D eigenvalue weighted by Crippen LogP contribution is -2.23. The van der Waals surface area contributed by atoms with Gasteiger partial charge < -0.3 is 5.73 Å². The molecule has 2 unspecified atom stereocenters. The molecule has 1 fully saturated rings. The molecule has 4 heterocycles. The molecule has 1 aliphatic carbocycles. The van der Waals surface area contributed by atoms with Crippen LogP contribution in [0.1, 0.15) is 48.8 Å². The van der Waals surface area contributed by atoms with Crippen molar-refractivity contribution in [3.63, 3.8) is 0 Å². The van der Waals surface area contributed by atoms with Gasteiger partial charge in [0.2, 0.25) is 0 Å². The van der Waals surface area contributed by atoms with Gasteiger partial charge in [-0.1, -0.05) is 30.4 Å². The van der Waals surface area contributed by atoms with Crippen LogP contribution < -0.4 is 5.73 Å². The molecule has 2 atom stereocenters. The highest BCUT2D eigenvalue weighted by Gasteiger charge is 2.27. The molecule has 0 bridgehead atoms. The maximum atomic E-state index is 11.8. The minimum Gasteiger partial charge on any atom is -0.384 e. The van der Waals surface area contributed by atoms with Gasteiger partial charge in [0, 0.05) is 47.0 Å². The summed E-state index contributed by atoms with van der Waals surface area (Å²) in [4.78, 5) is 9.61. The van der Waals surface area contributed by atoms with Gasteiger partial charge in [-0.05, 0) is 25.7 Å². The molecule has 30 heavy (non-hydrogen) atoms. The van der Waals surface area contributed by atoms with Gasteiger partial charge in [0.05, 0.1) is 17.7 Å². The number of nitrogens with zero attached hydrogens (tertiary/aromatic N) is 4. The van der Waals surface area contributed by atoms with E-state index in [-0.39, 0.29) is 23.3 Å². The molecule has 1 saturated heterocycles. The average Bonchev–Trinajstić information content (AvgIpc) is 3.19. The molecule has 2 N–H and O–H groups in total. The third-order valence-corrected chi connectivity index (χ3v) is 7.98. The summed E-state index contributed by atoms with van der Waals surface area (Å²) in [5.41, 5.74) is 9.98. The normalized spacial score (nSPS) is 26.2. The molecular weight excluding hydrogens is 398 g/mol. The quantitative estimate of drug-likeness (QED) is 0.817.